The van der Waals surface area contributed by atoms with E-state index in [9.17, 15) is 31.1 Å². The molecule has 2 amide bonds. The van der Waals surface area contributed by atoms with Crippen molar-refractivity contribution in [2.75, 3.05) is 36.4 Å². The van der Waals surface area contributed by atoms with Crippen molar-refractivity contribution < 1.29 is 35.9 Å². The number of nitrogens with zero attached hydrogens (tertiary/aromatic N) is 7. The third-order valence-electron chi connectivity index (χ3n) is 5.85. The molecule has 0 radical (unpaired) electrons. The smallest absolute Gasteiger partial charge is 0.416 e. The van der Waals surface area contributed by atoms with Crippen LogP contribution in [0.5, 0.6) is 5.88 Å². The fourth-order valence-electron chi connectivity index (χ4n) is 3.83. The van der Waals surface area contributed by atoms with Gasteiger partial charge in [-0.15, -0.1) is 4.98 Å². The standard InChI is InChI=1S/C25H18F6N8O2/c1-32-19-20(33-2)37-22(41-14-15-3-5-34-6-4-15)21(36-19)38-7-9-39(10-8-38)23(40)35-18-12-16(24(26,27)28)11-17(13-18)25(29,30)31/h3-6,11-13H,7-10,14H2,(H,35,40). The van der Waals surface area contributed by atoms with Gasteiger partial charge < -0.3 is 29.5 Å². The fraction of sp³-hybridized carbons (Fsp3) is 0.280. The molecule has 1 aliphatic rings. The minimum absolute atomic E-state index is 0.000317. The quantitative estimate of drug-likeness (QED) is 0.299. The lowest BCUT2D eigenvalue weighted by atomic mass is 10.1. The van der Waals surface area contributed by atoms with Gasteiger partial charge in [-0.25, -0.2) is 4.79 Å². The van der Waals surface area contributed by atoms with Crippen LogP contribution >= 0.6 is 0 Å². The van der Waals surface area contributed by atoms with Crippen molar-refractivity contribution in [2.45, 2.75) is 19.0 Å². The van der Waals surface area contributed by atoms with E-state index in [-0.39, 0.29) is 62.2 Å². The summed E-state index contributed by atoms with van der Waals surface area (Å²) in [6, 6.07) is 3.33. The second kappa shape index (κ2) is 11.5. The number of ether oxygens (including phenoxy) is 1. The minimum atomic E-state index is -5.06. The number of hydrogen-bond acceptors (Lipinski definition) is 6. The summed E-state index contributed by atoms with van der Waals surface area (Å²) in [5, 5.41) is 2.11. The van der Waals surface area contributed by atoms with Gasteiger partial charge in [0.2, 0.25) is 0 Å². The molecule has 212 valence electrons. The Kier molecular flexibility index (Phi) is 8.13. The van der Waals surface area contributed by atoms with Crippen LogP contribution in [0.2, 0.25) is 0 Å². The first-order valence-electron chi connectivity index (χ1n) is 11.7. The molecule has 1 aliphatic heterocycles. The van der Waals surface area contributed by atoms with Crippen molar-refractivity contribution in [3.63, 3.8) is 0 Å². The van der Waals surface area contributed by atoms with Gasteiger partial charge in [-0.1, -0.05) is 18.1 Å². The van der Waals surface area contributed by atoms with E-state index in [4.69, 9.17) is 17.9 Å². The lowest BCUT2D eigenvalue weighted by molar-refractivity contribution is -0.143. The Labute approximate surface area is 228 Å². The first-order valence-corrected chi connectivity index (χ1v) is 11.7. The number of aromatic nitrogens is 3. The molecule has 0 saturated carbocycles. The predicted octanol–water partition coefficient (Wildman–Crippen LogP) is 5.94. The average molecular weight is 576 g/mol. The summed E-state index contributed by atoms with van der Waals surface area (Å²) in [7, 11) is 0. The number of piperazine rings is 1. The highest BCUT2D eigenvalue weighted by molar-refractivity contribution is 5.89. The molecule has 41 heavy (non-hydrogen) atoms. The highest BCUT2D eigenvalue weighted by Gasteiger charge is 2.37. The van der Waals surface area contributed by atoms with Crippen LogP contribution in [-0.4, -0.2) is 52.1 Å². The number of carbonyl (C=O) groups excluding carboxylic acids is 1. The summed E-state index contributed by atoms with van der Waals surface area (Å²) in [6.45, 7) is 14.9. The summed E-state index contributed by atoms with van der Waals surface area (Å²) in [5.41, 5.74) is -3.02. The van der Waals surface area contributed by atoms with Crippen LogP contribution in [0.3, 0.4) is 0 Å². The number of benzene rings is 1. The molecular formula is C25H18F6N8O2. The maximum Gasteiger partial charge on any atom is 0.416 e. The molecule has 16 heteroatoms. The molecule has 1 N–H and O–H groups in total. The zero-order valence-electron chi connectivity index (χ0n) is 20.8. The number of halogens is 6. The highest BCUT2D eigenvalue weighted by atomic mass is 19.4. The number of carbonyl (C=O) groups is 1. The molecule has 0 spiro atoms. The first kappa shape index (κ1) is 28.9. The predicted molar refractivity (Wildman–Crippen MR) is 132 cm³/mol. The summed E-state index contributed by atoms with van der Waals surface area (Å²) in [4.78, 5) is 34.3. The summed E-state index contributed by atoms with van der Waals surface area (Å²) < 4.78 is 84.8. The largest absolute Gasteiger partial charge is 0.451 e. The molecule has 1 aromatic carbocycles. The number of urea groups is 1. The SMILES string of the molecule is [C-]#[N+]c1nc(OCc2ccncc2)c(N2CCN(C(=O)Nc3cc(C(F)(F)F)cc(C(F)(F)F)c3)CC2)nc1[N+]#[C-]. The van der Waals surface area contributed by atoms with Gasteiger partial charge in [-0.3, -0.25) is 4.98 Å². The van der Waals surface area contributed by atoms with Crippen LogP contribution in [-0.2, 0) is 19.0 Å². The Morgan fingerprint density at radius 3 is 2.00 bits per heavy atom. The summed E-state index contributed by atoms with van der Waals surface area (Å²) in [6.07, 6.45) is -6.99. The van der Waals surface area contributed by atoms with Crippen LogP contribution < -0.4 is 15.0 Å². The van der Waals surface area contributed by atoms with Crippen LogP contribution in [0.25, 0.3) is 9.69 Å². The van der Waals surface area contributed by atoms with E-state index in [0.717, 1.165) is 5.56 Å². The van der Waals surface area contributed by atoms with Gasteiger partial charge in [-0.05, 0) is 35.9 Å². The number of rotatable bonds is 5. The molecular weight excluding hydrogens is 558 g/mol. The Morgan fingerprint density at radius 2 is 1.46 bits per heavy atom. The van der Waals surface area contributed by atoms with Crippen molar-refractivity contribution in [2.24, 2.45) is 0 Å². The van der Waals surface area contributed by atoms with Gasteiger partial charge in [0, 0.05) is 44.3 Å². The monoisotopic (exact) mass is 576 g/mol. The molecule has 4 rings (SSSR count). The van der Waals surface area contributed by atoms with Crippen LogP contribution in [0.1, 0.15) is 16.7 Å². The summed E-state index contributed by atoms with van der Waals surface area (Å²) >= 11 is 0. The molecule has 1 saturated heterocycles. The van der Waals surface area contributed by atoms with Gasteiger partial charge in [0.1, 0.15) is 6.61 Å². The van der Waals surface area contributed by atoms with E-state index in [2.05, 4.69) is 30.0 Å². The van der Waals surface area contributed by atoms with Gasteiger partial charge in [0.05, 0.1) is 11.1 Å². The minimum Gasteiger partial charge on any atom is -0.451 e. The number of alkyl halides is 6. The molecule has 0 aliphatic carbocycles. The number of pyridine rings is 1. The third-order valence-corrected chi connectivity index (χ3v) is 5.85. The first-order chi connectivity index (χ1) is 19.4. The van der Waals surface area contributed by atoms with Crippen molar-refractivity contribution in [3.8, 4) is 5.88 Å². The fourth-order valence-corrected chi connectivity index (χ4v) is 3.83. The van der Waals surface area contributed by atoms with E-state index >= 15 is 0 Å². The molecule has 0 bridgehead atoms. The third kappa shape index (κ3) is 6.91. The van der Waals surface area contributed by atoms with Crippen molar-refractivity contribution >= 4 is 29.2 Å². The van der Waals surface area contributed by atoms with Gasteiger partial charge in [-0.2, -0.15) is 26.3 Å². The van der Waals surface area contributed by atoms with Crippen molar-refractivity contribution in [1.29, 1.82) is 0 Å². The molecule has 10 nitrogen and oxygen atoms in total. The normalized spacial score (nSPS) is 13.8. The van der Waals surface area contributed by atoms with E-state index < -0.39 is 35.2 Å². The maximum atomic E-state index is 13.2. The Balaban J connectivity index is 1.50. The Bertz CT molecular complexity index is 1480. The molecule has 3 heterocycles. The van der Waals surface area contributed by atoms with Crippen molar-refractivity contribution in [1.82, 2.24) is 19.9 Å². The van der Waals surface area contributed by atoms with Gasteiger partial charge >= 0.3 is 30.1 Å². The zero-order valence-corrected chi connectivity index (χ0v) is 20.8. The maximum absolute atomic E-state index is 13.2. The Hall–Kier alpha value is -5.12. The van der Waals surface area contributed by atoms with Crippen LogP contribution in [0, 0.1) is 13.1 Å². The average Bonchev–Trinajstić information content (AvgIpc) is 2.95. The molecule has 0 atom stereocenters. The number of hydrogen-bond donors (Lipinski definition) is 1. The molecule has 1 fully saturated rings. The van der Waals surface area contributed by atoms with Crippen LogP contribution in [0.15, 0.2) is 42.7 Å². The van der Waals surface area contributed by atoms with Crippen molar-refractivity contribution in [3.05, 3.63) is 82.3 Å². The van der Waals surface area contributed by atoms with E-state index in [1.807, 2.05) is 0 Å². The zero-order chi connectivity index (χ0) is 29.8. The lowest BCUT2D eigenvalue weighted by Gasteiger charge is -2.34. The van der Waals surface area contributed by atoms with Gasteiger partial charge in [0.15, 0.2) is 0 Å². The van der Waals surface area contributed by atoms with Crippen LogP contribution in [0.4, 0.5) is 54.3 Å². The van der Waals surface area contributed by atoms with E-state index in [1.165, 1.54) is 4.90 Å². The van der Waals surface area contributed by atoms with Gasteiger partial charge in [0.25, 0.3) is 11.6 Å². The molecule has 0 unspecified atom stereocenters. The molecule has 3 aromatic rings. The second-order valence-electron chi connectivity index (χ2n) is 8.57. The van der Waals surface area contributed by atoms with E-state index in [0.29, 0.717) is 12.1 Å². The number of nitrogens with one attached hydrogen (secondary N) is 1. The number of anilines is 2. The van der Waals surface area contributed by atoms with E-state index in [1.54, 1.807) is 29.4 Å². The Morgan fingerprint density at radius 1 is 0.902 bits per heavy atom. The molecule has 2 aromatic heterocycles. The highest BCUT2D eigenvalue weighted by Crippen LogP contribution is 2.38. The topological polar surface area (TPSA) is 92.2 Å². The lowest BCUT2D eigenvalue weighted by Crippen LogP contribution is -2.50. The number of amides is 2. The summed E-state index contributed by atoms with van der Waals surface area (Å²) in [5.74, 6) is -0.394. The second-order valence-corrected chi connectivity index (χ2v) is 8.57.